The SMILES string of the molecule is O=C(CNC1CN2CCC1CC2)Nc1ccccc1Br. The lowest BCUT2D eigenvalue weighted by Gasteiger charge is -2.45. The number of halogens is 1. The van der Waals surface area contributed by atoms with E-state index >= 15 is 0 Å². The summed E-state index contributed by atoms with van der Waals surface area (Å²) in [7, 11) is 0. The lowest BCUT2D eigenvalue weighted by atomic mass is 9.84. The van der Waals surface area contributed by atoms with Crippen LogP contribution in [0.5, 0.6) is 0 Å². The molecule has 3 aliphatic rings. The molecule has 0 aromatic heterocycles. The molecule has 1 aromatic carbocycles. The van der Waals surface area contributed by atoms with Gasteiger partial charge < -0.3 is 15.5 Å². The van der Waals surface area contributed by atoms with Crippen molar-refractivity contribution in [3.05, 3.63) is 28.7 Å². The monoisotopic (exact) mass is 337 g/mol. The Morgan fingerprint density at radius 3 is 2.70 bits per heavy atom. The van der Waals surface area contributed by atoms with Gasteiger partial charge in [-0.25, -0.2) is 0 Å². The van der Waals surface area contributed by atoms with Gasteiger partial charge in [-0.2, -0.15) is 0 Å². The maximum Gasteiger partial charge on any atom is 0.238 e. The summed E-state index contributed by atoms with van der Waals surface area (Å²) in [6, 6.07) is 8.15. The second-order valence-corrected chi connectivity index (χ2v) is 6.51. The molecular formula is C15H20BrN3O. The number of rotatable bonds is 4. The van der Waals surface area contributed by atoms with Crippen LogP contribution in [0.1, 0.15) is 12.8 Å². The van der Waals surface area contributed by atoms with E-state index in [0.29, 0.717) is 12.6 Å². The van der Waals surface area contributed by atoms with Crippen LogP contribution >= 0.6 is 15.9 Å². The standard InChI is InChI=1S/C15H20BrN3O/c16-12-3-1-2-4-13(12)18-15(20)9-17-14-10-19-7-5-11(14)6-8-19/h1-4,11,14,17H,5-10H2,(H,18,20). The van der Waals surface area contributed by atoms with Gasteiger partial charge in [0.2, 0.25) is 5.91 Å². The Balaban J connectivity index is 1.49. The number of carbonyl (C=O) groups excluding carboxylic acids is 1. The van der Waals surface area contributed by atoms with Crippen LogP contribution in [0.2, 0.25) is 0 Å². The molecule has 3 saturated heterocycles. The number of benzene rings is 1. The molecule has 0 aliphatic carbocycles. The maximum absolute atomic E-state index is 12.0. The molecule has 1 atom stereocenters. The van der Waals surface area contributed by atoms with Crippen molar-refractivity contribution >= 4 is 27.5 Å². The Hall–Kier alpha value is -0.910. The number of amides is 1. The van der Waals surface area contributed by atoms with Gasteiger partial charge in [0.15, 0.2) is 0 Å². The van der Waals surface area contributed by atoms with Crippen molar-refractivity contribution in [1.29, 1.82) is 0 Å². The highest BCUT2D eigenvalue weighted by atomic mass is 79.9. The molecule has 0 spiro atoms. The minimum atomic E-state index is 0.0216. The van der Waals surface area contributed by atoms with Gasteiger partial charge in [-0.05, 0) is 59.9 Å². The summed E-state index contributed by atoms with van der Waals surface area (Å²) in [5.74, 6) is 0.768. The number of piperidine rings is 3. The fourth-order valence-corrected chi connectivity index (χ4v) is 3.56. The lowest BCUT2D eigenvalue weighted by Crippen LogP contribution is -2.57. The minimum absolute atomic E-state index is 0.0216. The molecule has 20 heavy (non-hydrogen) atoms. The third-order valence-electron chi connectivity index (χ3n) is 4.33. The van der Waals surface area contributed by atoms with Crippen LogP contribution in [0.4, 0.5) is 5.69 Å². The summed E-state index contributed by atoms with van der Waals surface area (Å²) < 4.78 is 0.913. The van der Waals surface area contributed by atoms with Crippen molar-refractivity contribution in [2.75, 3.05) is 31.5 Å². The maximum atomic E-state index is 12.0. The first-order valence-electron chi connectivity index (χ1n) is 7.22. The molecular weight excluding hydrogens is 318 g/mol. The summed E-state index contributed by atoms with van der Waals surface area (Å²) >= 11 is 3.44. The molecule has 3 fully saturated rings. The third kappa shape index (κ3) is 3.22. The Kier molecular flexibility index (Phi) is 4.38. The Morgan fingerprint density at radius 2 is 2.05 bits per heavy atom. The summed E-state index contributed by atoms with van der Waals surface area (Å²) in [5.41, 5.74) is 0.827. The second kappa shape index (κ2) is 6.24. The van der Waals surface area contributed by atoms with Crippen molar-refractivity contribution in [2.45, 2.75) is 18.9 Å². The van der Waals surface area contributed by atoms with E-state index in [0.717, 1.165) is 22.6 Å². The van der Waals surface area contributed by atoms with Crippen molar-refractivity contribution in [2.24, 2.45) is 5.92 Å². The molecule has 4 nitrogen and oxygen atoms in total. The first-order valence-corrected chi connectivity index (χ1v) is 8.02. The largest absolute Gasteiger partial charge is 0.324 e. The third-order valence-corrected chi connectivity index (χ3v) is 5.02. The van der Waals surface area contributed by atoms with E-state index in [4.69, 9.17) is 0 Å². The van der Waals surface area contributed by atoms with Gasteiger partial charge >= 0.3 is 0 Å². The van der Waals surface area contributed by atoms with E-state index in [2.05, 4.69) is 31.5 Å². The zero-order chi connectivity index (χ0) is 13.9. The van der Waals surface area contributed by atoms with Gasteiger partial charge in [0, 0.05) is 17.1 Å². The number of anilines is 1. The summed E-state index contributed by atoms with van der Waals surface area (Å²) in [4.78, 5) is 14.5. The van der Waals surface area contributed by atoms with Gasteiger partial charge in [-0.15, -0.1) is 0 Å². The summed E-state index contributed by atoms with van der Waals surface area (Å²) in [5, 5.41) is 6.36. The number of nitrogens with one attached hydrogen (secondary N) is 2. The van der Waals surface area contributed by atoms with Crippen LogP contribution in [0.3, 0.4) is 0 Å². The van der Waals surface area contributed by atoms with Crippen LogP contribution in [-0.2, 0) is 4.79 Å². The molecule has 4 rings (SSSR count). The molecule has 3 heterocycles. The highest BCUT2D eigenvalue weighted by Gasteiger charge is 2.33. The van der Waals surface area contributed by atoms with E-state index in [1.165, 1.54) is 25.9 Å². The average Bonchev–Trinajstić information content (AvgIpc) is 2.49. The van der Waals surface area contributed by atoms with Crippen LogP contribution < -0.4 is 10.6 Å². The molecule has 2 N–H and O–H groups in total. The summed E-state index contributed by atoms with van der Waals surface area (Å²) in [6.07, 6.45) is 2.53. The molecule has 5 heteroatoms. The zero-order valence-electron chi connectivity index (χ0n) is 11.4. The second-order valence-electron chi connectivity index (χ2n) is 5.65. The first-order chi connectivity index (χ1) is 9.72. The van der Waals surface area contributed by atoms with Gasteiger partial charge in [-0.1, -0.05) is 12.1 Å². The predicted molar refractivity (Wildman–Crippen MR) is 83.7 cm³/mol. The fourth-order valence-electron chi connectivity index (χ4n) is 3.18. The van der Waals surface area contributed by atoms with Crippen molar-refractivity contribution in [1.82, 2.24) is 10.2 Å². The minimum Gasteiger partial charge on any atom is -0.324 e. The van der Waals surface area contributed by atoms with Gasteiger partial charge in [0.25, 0.3) is 0 Å². The van der Waals surface area contributed by atoms with E-state index in [-0.39, 0.29) is 5.91 Å². The van der Waals surface area contributed by atoms with Crippen LogP contribution in [-0.4, -0.2) is 43.0 Å². The molecule has 1 amide bonds. The van der Waals surface area contributed by atoms with Gasteiger partial charge in [-0.3, -0.25) is 4.79 Å². The first kappa shape index (κ1) is 14.0. The van der Waals surface area contributed by atoms with Crippen LogP contribution in [0, 0.1) is 5.92 Å². The highest BCUT2D eigenvalue weighted by molar-refractivity contribution is 9.10. The Bertz CT molecular complexity index is 486. The normalized spacial score (nSPS) is 28.4. The Labute approximate surface area is 128 Å². The van der Waals surface area contributed by atoms with Crippen molar-refractivity contribution < 1.29 is 4.79 Å². The van der Waals surface area contributed by atoms with E-state index in [1.807, 2.05) is 24.3 Å². The van der Waals surface area contributed by atoms with Gasteiger partial charge in [0.1, 0.15) is 0 Å². The number of para-hydroxylation sites is 1. The molecule has 2 bridgehead atoms. The number of carbonyl (C=O) groups is 1. The molecule has 0 radical (unpaired) electrons. The lowest BCUT2D eigenvalue weighted by molar-refractivity contribution is -0.115. The molecule has 0 saturated carbocycles. The quantitative estimate of drug-likeness (QED) is 0.884. The van der Waals surface area contributed by atoms with E-state index in [9.17, 15) is 4.79 Å². The highest BCUT2D eigenvalue weighted by Crippen LogP contribution is 2.27. The van der Waals surface area contributed by atoms with E-state index in [1.54, 1.807) is 0 Å². The van der Waals surface area contributed by atoms with E-state index < -0.39 is 0 Å². The average molecular weight is 338 g/mol. The smallest absolute Gasteiger partial charge is 0.238 e. The van der Waals surface area contributed by atoms with Crippen molar-refractivity contribution in [3.8, 4) is 0 Å². The Morgan fingerprint density at radius 1 is 1.30 bits per heavy atom. The topological polar surface area (TPSA) is 44.4 Å². The predicted octanol–water partition coefficient (Wildman–Crippen LogP) is 2.07. The van der Waals surface area contributed by atoms with Crippen LogP contribution in [0.15, 0.2) is 28.7 Å². The van der Waals surface area contributed by atoms with Crippen LogP contribution in [0.25, 0.3) is 0 Å². The van der Waals surface area contributed by atoms with Gasteiger partial charge in [0.05, 0.1) is 12.2 Å². The molecule has 1 unspecified atom stereocenters. The number of hydrogen-bond acceptors (Lipinski definition) is 3. The fraction of sp³-hybridized carbons (Fsp3) is 0.533. The number of fused-ring (bicyclic) bond motifs is 3. The molecule has 1 aromatic rings. The molecule has 3 aliphatic heterocycles. The summed E-state index contributed by atoms with van der Waals surface area (Å²) in [6.45, 7) is 3.93. The number of nitrogens with zero attached hydrogens (tertiary/aromatic N) is 1. The number of hydrogen-bond donors (Lipinski definition) is 2. The zero-order valence-corrected chi connectivity index (χ0v) is 13.0. The molecule has 108 valence electrons. The van der Waals surface area contributed by atoms with Crippen molar-refractivity contribution in [3.63, 3.8) is 0 Å².